The molecule has 1 aliphatic rings. The van der Waals surface area contributed by atoms with Crippen LogP contribution >= 0.6 is 15.9 Å². The number of anilines is 1. The molecule has 5 heteroatoms. The predicted molar refractivity (Wildman–Crippen MR) is 64.2 cm³/mol. The van der Waals surface area contributed by atoms with Crippen LogP contribution in [0.3, 0.4) is 0 Å². The maximum Gasteiger partial charge on any atom is 0.228 e. The van der Waals surface area contributed by atoms with Crippen molar-refractivity contribution in [1.29, 1.82) is 0 Å². The number of pyridine rings is 1. The fourth-order valence-corrected chi connectivity index (χ4v) is 1.95. The van der Waals surface area contributed by atoms with Gasteiger partial charge in [0.2, 0.25) is 5.91 Å². The molecule has 4 nitrogen and oxygen atoms in total. The van der Waals surface area contributed by atoms with Gasteiger partial charge < -0.3 is 9.72 Å². The van der Waals surface area contributed by atoms with Crippen molar-refractivity contribution < 1.29 is 4.79 Å². The largest absolute Gasteiger partial charge is 0.309 e. The van der Waals surface area contributed by atoms with Gasteiger partial charge in [-0.2, -0.15) is 0 Å². The number of rotatable bonds is 2. The third kappa shape index (κ3) is 1.82. The lowest BCUT2D eigenvalue weighted by molar-refractivity contribution is -0.117. The Hall–Kier alpha value is -1.36. The molecule has 0 aliphatic heterocycles. The van der Waals surface area contributed by atoms with E-state index in [0.717, 1.165) is 23.0 Å². The van der Waals surface area contributed by atoms with Gasteiger partial charge >= 0.3 is 0 Å². The first-order valence-electron chi connectivity index (χ1n) is 5.17. The molecule has 0 atom stereocenters. The Morgan fingerprint density at radius 2 is 2.25 bits per heavy atom. The van der Waals surface area contributed by atoms with Gasteiger partial charge in [0.05, 0.1) is 6.20 Å². The first-order chi connectivity index (χ1) is 7.72. The zero-order valence-corrected chi connectivity index (χ0v) is 10.1. The van der Waals surface area contributed by atoms with Crippen molar-refractivity contribution >= 4 is 33.3 Å². The molecule has 0 bridgehead atoms. The molecule has 1 amide bonds. The molecule has 2 heterocycles. The van der Waals surface area contributed by atoms with E-state index < -0.39 is 0 Å². The zero-order valence-electron chi connectivity index (χ0n) is 8.48. The average Bonchev–Trinajstić information content (AvgIpc) is 3.00. The number of halogens is 1. The molecule has 0 aromatic carbocycles. The molecule has 0 unspecified atom stereocenters. The van der Waals surface area contributed by atoms with Crippen LogP contribution in [0.4, 0.5) is 5.82 Å². The van der Waals surface area contributed by atoms with E-state index >= 15 is 0 Å². The van der Waals surface area contributed by atoms with Crippen LogP contribution in [0.2, 0.25) is 0 Å². The minimum absolute atomic E-state index is 0.0856. The number of carbonyl (C=O) groups excluding carboxylic acids is 1. The van der Waals surface area contributed by atoms with Crippen molar-refractivity contribution in [1.82, 2.24) is 9.38 Å². The molecule has 1 N–H and O–H groups in total. The van der Waals surface area contributed by atoms with Crippen LogP contribution in [0.5, 0.6) is 0 Å². The molecular formula is C11H10BrN3O. The highest BCUT2D eigenvalue weighted by molar-refractivity contribution is 9.10. The number of hydrogen-bond acceptors (Lipinski definition) is 2. The van der Waals surface area contributed by atoms with Gasteiger partial charge in [-0.05, 0) is 40.9 Å². The summed E-state index contributed by atoms with van der Waals surface area (Å²) in [6, 6.07) is 3.83. The molecule has 3 rings (SSSR count). The molecule has 1 saturated carbocycles. The third-order valence-corrected chi connectivity index (χ3v) is 3.08. The van der Waals surface area contributed by atoms with E-state index in [9.17, 15) is 4.79 Å². The highest BCUT2D eigenvalue weighted by Crippen LogP contribution is 2.30. The van der Waals surface area contributed by atoms with E-state index in [1.807, 2.05) is 28.9 Å². The fraction of sp³-hybridized carbons (Fsp3) is 0.273. The van der Waals surface area contributed by atoms with Crippen LogP contribution in [0.1, 0.15) is 12.8 Å². The second kappa shape index (κ2) is 3.59. The topological polar surface area (TPSA) is 46.4 Å². The molecule has 16 heavy (non-hydrogen) atoms. The lowest BCUT2D eigenvalue weighted by atomic mass is 10.4. The summed E-state index contributed by atoms with van der Waals surface area (Å²) in [5, 5.41) is 2.83. The summed E-state index contributed by atoms with van der Waals surface area (Å²) in [5.41, 5.74) is 0.828. The molecular weight excluding hydrogens is 270 g/mol. The molecule has 2 aromatic rings. The monoisotopic (exact) mass is 279 g/mol. The number of imidazole rings is 1. The number of carbonyl (C=O) groups is 1. The maximum absolute atomic E-state index is 11.5. The number of amides is 1. The number of nitrogens with zero attached hydrogens (tertiary/aromatic N) is 2. The molecule has 1 fully saturated rings. The first kappa shape index (κ1) is 9.84. The van der Waals surface area contributed by atoms with Gasteiger partial charge in [-0.3, -0.25) is 4.79 Å². The van der Waals surface area contributed by atoms with E-state index in [2.05, 4.69) is 26.2 Å². The van der Waals surface area contributed by atoms with Gasteiger partial charge in [0.1, 0.15) is 5.65 Å². The standard InChI is InChI=1S/C11H10BrN3O/c12-8-3-4-10-13-9(6-15(10)5-8)14-11(16)7-1-2-7/h3-7H,1-2H2,(H,14,16). The van der Waals surface area contributed by atoms with Crippen LogP contribution in [0, 0.1) is 5.92 Å². The Bertz CT molecular complexity index is 559. The van der Waals surface area contributed by atoms with Crippen molar-refractivity contribution in [2.45, 2.75) is 12.8 Å². The summed E-state index contributed by atoms with van der Waals surface area (Å²) in [4.78, 5) is 15.9. The van der Waals surface area contributed by atoms with Crippen LogP contribution in [0.15, 0.2) is 29.0 Å². The quantitative estimate of drug-likeness (QED) is 0.918. The van der Waals surface area contributed by atoms with Crippen molar-refractivity contribution in [3.8, 4) is 0 Å². The summed E-state index contributed by atoms with van der Waals surface area (Å²) < 4.78 is 2.87. The van der Waals surface area contributed by atoms with Crippen molar-refractivity contribution in [2.24, 2.45) is 5.92 Å². The minimum Gasteiger partial charge on any atom is -0.309 e. The Labute approximate surface area is 101 Å². The lowest BCUT2D eigenvalue weighted by Crippen LogP contribution is -2.13. The lowest BCUT2D eigenvalue weighted by Gasteiger charge is -1.97. The van der Waals surface area contributed by atoms with Crippen molar-refractivity contribution in [3.05, 3.63) is 29.0 Å². The number of hydrogen-bond donors (Lipinski definition) is 1. The van der Waals surface area contributed by atoms with Crippen LogP contribution in [-0.2, 0) is 4.79 Å². The first-order valence-corrected chi connectivity index (χ1v) is 5.97. The van der Waals surface area contributed by atoms with E-state index in [1.54, 1.807) is 0 Å². The molecule has 0 radical (unpaired) electrons. The highest BCUT2D eigenvalue weighted by Gasteiger charge is 2.29. The Morgan fingerprint density at radius 1 is 1.44 bits per heavy atom. The minimum atomic E-state index is 0.0856. The van der Waals surface area contributed by atoms with Gasteiger partial charge in [-0.25, -0.2) is 4.98 Å². The van der Waals surface area contributed by atoms with Crippen molar-refractivity contribution in [3.63, 3.8) is 0 Å². The smallest absolute Gasteiger partial charge is 0.228 e. The number of nitrogens with one attached hydrogen (secondary N) is 1. The second-order valence-electron chi connectivity index (χ2n) is 4.00. The number of aromatic nitrogens is 2. The normalized spacial score (nSPS) is 15.3. The summed E-state index contributed by atoms with van der Waals surface area (Å²) in [7, 11) is 0. The van der Waals surface area contributed by atoms with Gasteiger partial charge in [0.25, 0.3) is 0 Å². The third-order valence-electron chi connectivity index (χ3n) is 2.61. The van der Waals surface area contributed by atoms with Crippen LogP contribution in [-0.4, -0.2) is 15.3 Å². The zero-order chi connectivity index (χ0) is 11.1. The fourth-order valence-electron chi connectivity index (χ4n) is 1.60. The van der Waals surface area contributed by atoms with E-state index in [4.69, 9.17) is 0 Å². The van der Waals surface area contributed by atoms with E-state index in [-0.39, 0.29) is 11.8 Å². The maximum atomic E-state index is 11.5. The highest BCUT2D eigenvalue weighted by atomic mass is 79.9. The van der Waals surface area contributed by atoms with Crippen molar-refractivity contribution in [2.75, 3.05) is 5.32 Å². The number of fused-ring (bicyclic) bond motifs is 1. The van der Waals surface area contributed by atoms with Gasteiger partial charge in [0.15, 0.2) is 5.82 Å². The molecule has 82 valence electrons. The second-order valence-corrected chi connectivity index (χ2v) is 4.92. The summed E-state index contributed by atoms with van der Waals surface area (Å²) in [5.74, 6) is 0.911. The Balaban J connectivity index is 1.89. The molecule has 0 spiro atoms. The average molecular weight is 280 g/mol. The van der Waals surface area contributed by atoms with Crippen LogP contribution in [0.25, 0.3) is 5.65 Å². The SMILES string of the molecule is O=C(Nc1cn2cc(Br)ccc2n1)C1CC1. The Morgan fingerprint density at radius 3 is 3.00 bits per heavy atom. The van der Waals surface area contributed by atoms with Gasteiger partial charge in [-0.15, -0.1) is 0 Å². The molecule has 0 saturated heterocycles. The Kier molecular flexibility index (Phi) is 2.21. The summed E-state index contributed by atoms with van der Waals surface area (Å²) in [6.45, 7) is 0. The van der Waals surface area contributed by atoms with Crippen LogP contribution < -0.4 is 5.32 Å². The summed E-state index contributed by atoms with van der Waals surface area (Å²) >= 11 is 3.39. The van der Waals surface area contributed by atoms with Gasteiger partial charge in [-0.1, -0.05) is 0 Å². The summed E-state index contributed by atoms with van der Waals surface area (Å²) in [6.07, 6.45) is 5.74. The molecule has 1 aliphatic carbocycles. The molecule has 2 aromatic heterocycles. The van der Waals surface area contributed by atoms with E-state index in [1.165, 1.54) is 0 Å². The predicted octanol–water partition coefficient (Wildman–Crippen LogP) is 2.45. The van der Waals surface area contributed by atoms with Gasteiger partial charge in [0, 0.05) is 16.6 Å². The van der Waals surface area contributed by atoms with E-state index in [0.29, 0.717) is 5.82 Å².